The van der Waals surface area contributed by atoms with Crippen LogP contribution in [0.4, 0.5) is 17.6 Å². The molecular weight excluding hydrogens is 372 g/mol. The molecule has 0 aromatic heterocycles. The van der Waals surface area contributed by atoms with E-state index in [4.69, 9.17) is 0 Å². The summed E-state index contributed by atoms with van der Waals surface area (Å²) in [6.45, 7) is 1.35. The van der Waals surface area contributed by atoms with Crippen LogP contribution in [0, 0.1) is 5.82 Å². The summed E-state index contributed by atoms with van der Waals surface area (Å²) >= 11 is 0. The van der Waals surface area contributed by atoms with Gasteiger partial charge in [0, 0.05) is 25.4 Å². The van der Waals surface area contributed by atoms with Gasteiger partial charge >= 0.3 is 6.36 Å². The Morgan fingerprint density at radius 3 is 2.67 bits per heavy atom. The number of carbonyl (C=O) groups is 2. The summed E-state index contributed by atoms with van der Waals surface area (Å²) in [5, 5.41) is 7.60. The van der Waals surface area contributed by atoms with Crippen LogP contribution in [0.25, 0.3) is 0 Å². The smallest absolute Gasteiger partial charge is 0.403 e. The van der Waals surface area contributed by atoms with Crippen molar-refractivity contribution >= 4 is 18.0 Å². The standard InChI is InChI=1S/C16H16F4N4O3/c1-2-13(25)24-15(9-21-5-6-23-15)14(26)22-8-10-3-4-11(17)12(7-10)27-16(18,19)20/h3-7,9,23H,2,8H2,1H3,(H,22,26)(H,24,25). The van der Waals surface area contributed by atoms with Crippen LogP contribution in [0.15, 0.2) is 35.6 Å². The van der Waals surface area contributed by atoms with Crippen LogP contribution < -0.4 is 20.7 Å². The molecule has 0 saturated carbocycles. The van der Waals surface area contributed by atoms with Gasteiger partial charge in [0.25, 0.3) is 5.91 Å². The SMILES string of the molecule is CCC(=O)NC1(C(=O)NCc2ccc(F)c(OC(F)(F)F)c2)C=NC=CN1. The second kappa shape index (κ2) is 8.06. The van der Waals surface area contributed by atoms with E-state index in [0.717, 1.165) is 12.1 Å². The van der Waals surface area contributed by atoms with Crippen molar-refractivity contribution < 1.29 is 31.9 Å². The number of hydrogen-bond donors (Lipinski definition) is 3. The molecule has 0 saturated heterocycles. The second-order valence-corrected chi connectivity index (χ2v) is 5.44. The van der Waals surface area contributed by atoms with Crippen molar-refractivity contribution in [3.05, 3.63) is 42.0 Å². The Kier molecular flexibility index (Phi) is 6.03. The number of benzene rings is 1. The molecule has 1 aliphatic rings. The lowest BCUT2D eigenvalue weighted by atomic mass is 10.1. The predicted molar refractivity (Wildman–Crippen MR) is 86.9 cm³/mol. The van der Waals surface area contributed by atoms with Crippen molar-refractivity contribution in [2.45, 2.75) is 31.9 Å². The Hall–Kier alpha value is -3.11. The molecule has 1 unspecified atom stereocenters. The second-order valence-electron chi connectivity index (χ2n) is 5.44. The minimum absolute atomic E-state index is 0.115. The molecule has 27 heavy (non-hydrogen) atoms. The monoisotopic (exact) mass is 388 g/mol. The van der Waals surface area contributed by atoms with Crippen molar-refractivity contribution in [1.29, 1.82) is 0 Å². The van der Waals surface area contributed by atoms with Crippen LogP contribution in [0.5, 0.6) is 5.75 Å². The lowest BCUT2D eigenvalue weighted by molar-refractivity contribution is -0.275. The summed E-state index contributed by atoms with van der Waals surface area (Å²) in [6.07, 6.45) is -1.04. The number of carbonyl (C=O) groups excluding carboxylic acids is 2. The average Bonchev–Trinajstić information content (AvgIpc) is 2.61. The molecule has 3 N–H and O–H groups in total. The first-order valence-electron chi connectivity index (χ1n) is 7.76. The van der Waals surface area contributed by atoms with E-state index in [0.29, 0.717) is 0 Å². The number of aliphatic imine (C=N–C) groups is 1. The van der Waals surface area contributed by atoms with Gasteiger partial charge in [-0.25, -0.2) is 4.39 Å². The molecule has 0 spiro atoms. The number of rotatable bonds is 6. The fourth-order valence-electron chi connectivity index (χ4n) is 2.14. The third kappa shape index (κ3) is 5.43. The summed E-state index contributed by atoms with van der Waals surface area (Å²) in [6, 6.07) is 2.81. The highest BCUT2D eigenvalue weighted by Crippen LogP contribution is 2.26. The van der Waals surface area contributed by atoms with E-state index in [1.807, 2.05) is 0 Å². The summed E-state index contributed by atoms with van der Waals surface area (Å²) < 4.78 is 53.9. The van der Waals surface area contributed by atoms with Crippen molar-refractivity contribution in [1.82, 2.24) is 16.0 Å². The van der Waals surface area contributed by atoms with E-state index in [1.165, 1.54) is 24.7 Å². The van der Waals surface area contributed by atoms with Crippen molar-refractivity contribution in [3.8, 4) is 5.75 Å². The third-order valence-corrected chi connectivity index (χ3v) is 3.43. The third-order valence-electron chi connectivity index (χ3n) is 3.43. The van der Waals surface area contributed by atoms with E-state index in [2.05, 4.69) is 25.7 Å². The number of halogens is 4. The van der Waals surface area contributed by atoms with Crippen molar-refractivity contribution in [2.24, 2.45) is 4.99 Å². The number of amides is 2. The van der Waals surface area contributed by atoms with Gasteiger partial charge in [0.05, 0.1) is 6.21 Å². The molecule has 146 valence electrons. The van der Waals surface area contributed by atoms with Gasteiger partial charge in [-0.3, -0.25) is 14.6 Å². The highest BCUT2D eigenvalue weighted by atomic mass is 19.4. The highest BCUT2D eigenvalue weighted by molar-refractivity contribution is 6.06. The largest absolute Gasteiger partial charge is 0.573 e. The van der Waals surface area contributed by atoms with E-state index in [9.17, 15) is 27.2 Å². The van der Waals surface area contributed by atoms with Gasteiger partial charge in [0.1, 0.15) is 0 Å². The number of nitrogens with zero attached hydrogens (tertiary/aromatic N) is 1. The summed E-state index contributed by atoms with van der Waals surface area (Å²) in [5.74, 6) is -3.34. The fraction of sp³-hybridized carbons (Fsp3) is 0.312. The topological polar surface area (TPSA) is 91.8 Å². The van der Waals surface area contributed by atoms with E-state index in [-0.39, 0.29) is 18.5 Å². The van der Waals surface area contributed by atoms with Gasteiger partial charge in [0.15, 0.2) is 11.6 Å². The molecule has 11 heteroatoms. The minimum atomic E-state index is -5.05. The molecule has 7 nitrogen and oxygen atoms in total. The first-order chi connectivity index (χ1) is 12.6. The minimum Gasteiger partial charge on any atom is -0.403 e. The van der Waals surface area contributed by atoms with Gasteiger partial charge in [-0.1, -0.05) is 13.0 Å². The molecule has 0 fully saturated rings. The number of alkyl halides is 3. The average molecular weight is 388 g/mol. The molecule has 0 radical (unpaired) electrons. The van der Waals surface area contributed by atoms with E-state index in [1.54, 1.807) is 6.92 Å². The summed E-state index contributed by atoms with van der Waals surface area (Å²) in [5.41, 5.74) is -1.49. The number of nitrogens with one attached hydrogen (secondary N) is 3. The fourth-order valence-corrected chi connectivity index (χ4v) is 2.14. The van der Waals surface area contributed by atoms with Gasteiger partial charge < -0.3 is 20.7 Å². The zero-order valence-corrected chi connectivity index (χ0v) is 14.1. The van der Waals surface area contributed by atoms with Crippen LogP contribution in [-0.2, 0) is 16.1 Å². The highest BCUT2D eigenvalue weighted by Gasteiger charge is 2.38. The maximum atomic E-state index is 13.4. The molecule has 1 aliphatic heterocycles. The van der Waals surface area contributed by atoms with E-state index < -0.39 is 35.4 Å². The molecule has 2 rings (SSSR count). The Bertz CT molecular complexity index is 779. The molecular formula is C16H16F4N4O3. The Balaban J connectivity index is 2.11. The maximum absolute atomic E-state index is 13.4. The summed E-state index contributed by atoms with van der Waals surface area (Å²) in [4.78, 5) is 28.0. The van der Waals surface area contributed by atoms with Gasteiger partial charge in [-0.15, -0.1) is 13.2 Å². The molecule has 1 aromatic carbocycles. The van der Waals surface area contributed by atoms with Crippen molar-refractivity contribution in [2.75, 3.05) is 0 Å². The molecule has 1 aromatic rings. The lowest BCUT2D eigenvalue weighted by Crippen LogP contribution is -2.67. The van der Waals surface area contributed by atoms with Crippen LogP contribution in [0.2, 0.25) is 0 Å². The molecule has 0 bridgehead atoms. The first-order valence-corrected chi connectivity index (χ1v) is 7.76. The molecule has 1 atom stereocenters. The summed E-state index contributed by atoms with van der Waals surface area (Å²) in [7, 11) is 0. The maximum Gasteiger partial charge on any atom is 0.573 e. The molecule has 0 aliphatic carbocycles. The Labute approximate surface area is 151 Å². The quantitative estimate of drug-likeness (QED) is 0.647. The van der Waals surface area contributed by atoms with Crippen LogP contribution in [0.1, 0.15) is 18.9 Å². The molecule has 1 heterocycles. The normalized spacial score (nSPS) is 18.6. The van der Waals surface area contributed by atoms with Gasteiger partial charge in [-0.05, 0) is 17.7 Å². The van der Waals surface area contributed by atoms with Crippen LogP contribution >= 0.6 is 0 Å². The number of hydrogen-bond acceptors (Lipinski definition) is 5. The Morgan fingerprint density at radius 2 is 2.07 bits per heavy atom. The first kappa shape index (κ1) is 20.2. The van der Waals surface area contributed by atoms with Gasteiger partial charge in [-0.2, -0.15) is 0 Å². The van der Waals surface area contributed by atoms with Crippen LogP contribution in [0.3, 0.4) is 0 Å². The van der Waals surface area contributed by atoms with Crippen LogP contribution in [-0.4, -0.2) is 30.1 Å². The van der Waals surface area contributed by atoms with Crippen molar-refractivity contribution in [3.63, 3.8) is 0 Å². The van der Waals surface area contributed by atoms with E-state index >= 15 is 0 Å². The van der Waals surface area contributed by atoms with Gasteiger partial charge in [0.2, 0.25) is 11.6 Å². The molecule has 2 amide bonds. The number of ether oxygens (including phenoxy) is 1. The zero-order chi connectivity index (χ0) is 20.1. The lowest BCUT2D eigenvalue weighted by Gasteiger charge is -2.31. The predicted octanol–water partition coefficient (Wildman–Crippen LogP) is 1.71. The Morgan fingerprint density at radius 1 is 1.33 bits per heavy atom. The zero-order valence-electron chi connectivity index (χ0n) is 14.1.